The van der Waals surface area contributed by atoms with Gasteiger partial charge in [0.2, 0.25) is 0 Å². The molecule has 0 aliphatic heterocycles. The van der Waals surface area contributed by atoms with Crippen molar-refractivity contribution in [2.45, 2.75) is 6.18 Å². The third kappa shape index (κ3) is 2.81. The molecule has 0 atom stereocenters. The molecular weight excluding hydrogens is 287 g/mol. The summed E-state index contributed by atoms with van der Waals surface area (Å²) >= 11 is 0. The number of aromatic nitrogens is 1. The van der Waals surface area contributed by atoms with Gasteiger partial charge in [-0.25, -0.2) is 4.79 Å². The van der Waals surface area contributed by atoms with Gasteiger partial charge in [-0.3, -0.25) is 4.79 Å². The number of H-pyrrole nitrogens is 1. The lowest BCUT2D eigenvalue weighted by Gasteiger charge is -2.14. The van der Waals surface area contributed by atoms with Crippen LogP contribution < -0.4 is 5.56 Å². The molecule has 0 bridgehead atoms. The van der Waals surface area contributed by atoms with Crippen molar-refractivity contribution in [1.82, 2.24) is 4.98 Å². The van der Waals surface area contributed by atoms with Crippen LogP contribution in [-0.2, 0) is 10.9 Å². The molecule has 0 saturated carbocycles. The number of carbonyl (C=O) groups is 1. The largest absolute Gasteiger partial charge is 0.465 e. The second-order valence-corrected chi connectivity index (χ2v) is 4.13. The average molecular weight is 297 g/mol. The normalized spacial score (nSPS) is 11.2. The zero-order valence-electron chi connectivity index (χ0n) is 10.8. The van der Waals surface area contributed by atoms with Crippen LogP contribution in [0.1, 0.15) is 15.9 Å². The van der Waals surface area contributed by atoms with Crippen molar-refractivity contribution < 1.29 is 22.7 Å². The third-order valence-corrected chi connectivity index (χ3v) is 2.87. The molecule has 0 amide bonds. The molecule has 0 unspecified atom stereocenters. The first-order valence-corrected chi connectivity index (χ1v) is 5.83. The van der Waals surface area contributed by atoms with Crippen LogP contribution in [0.2, 0.25) is 0 Å². The number of rotatable bonds is 2. The third-order valence-electron chi connectivity index (χ3n) is 2.87. The standard InChI is InChI=1S/C14H10F3NO3/c1-21-13(20)9-6-7-18-12(19)11(9)8-4-2-3-5-10(8)14(15,16)17/h2-7H,1H3,(H,18,19). The number of esters is 1. The fourth-order valence-electron chi connectivity index (χ4n) is 1.97. The van der Waals surface area contributed by atoms with Crippen LogP contribution in [-0.4, -0.2) is 18.1 Å². The highest BCUT2D eigenvalue weighted by Crippen LogP contribution is 2.36. The van der Waals surface area contributed by atoms with Gasteiger partial charge in [-0.15, -0.1) is 0 Å². The zero-order valence-corrected chi connectivity index (χ0v) is 10.8. The molecule has 0 fully saturated rings. The summed E-state index contributed by atoms with van der Waals surface area (Å²) in [5.74, 6) is -0.881. The Morgan fingerprint density at radius 1 is 1.19 bits per heavy atom. The van der Waals surface area contributed by atoms with Crippen molar-refractivity contribution in [2.75, 3.05) is 7.11 Å². The van der Waals surface area contributed by atoms with E-state index in [1.807, 2.05) is 0 Å². The second-order valence-electron chi connectivity index (χ2n) is 4.13. The van der Waals surface area contributed by atoms with Gasteiger partial charge in [0, 0.05) is 11.8 Å². The summed E-state index contributed by atoms with van der Waals surface area (Å²) < 4.78 is 43.7. The fourth-order valence-corrected chi connectivity index (χ4v) is 1.97. The van der Waals surface area contributed by atoms with E-state index >= 15 is 0 Å². The average Bonchev–Trinajstić information content (AvgIpc) is 2.45. The van der Waals surface area contributed by atoms with Gasteiger partial charge < -0.3 is 9.72 Å². The number of hydrogen-bond acceptors (Lipinski definition) is 3. The van der Waals surface area contributed by atoms with Gasteiger partial charge in [0.25, 0.3) is 5.56 Å². The fraction of sp³-hybridized carbons (Fsp3) is 0.143. The Labute approximate surface area is 117 Å². The van der Waals surface area contributed by atoms with E-state index in [0.717, 1.165) is 19.2 Å². The molecule has 0 saturated heterocycles. The zero-order chi connectivity index (χ0) is 15.6. The summed E-state index contributed by atoms with van der Waals surface area (Å²) in [5.41, 5.74) is -2.75. The molecule has 0 spiro atoms. The van der Waals surface area contributed by atoms with E-state index in [0.29, 0.717) is 0 Å². The summed E-state index contributed by atoms with van der Waals surface area (Å²) in [6.07, 6.45) is -3.47. The number of ether oxygens (including phenoxy) is 1. The molecule has 0 aliphatic rings. The number of halogens is 3. The first-order chi connectivity index (χ1) is 9.86. The van der Waals surface area contributed by atoms with Crippen molar-refractivity contribution in [3.05, 3.63) is 58.0 Å². The first-order valence-electron chi connectivity index (χ1n) is 5.83. The van der Waals surface area contributed by atoms with E-state index < -0.39 is 23.3 Å². The second kappa shape index (κ2) is 5.43. The van der Waals surface area contributed by atoms with E-state index in [-0.39, 0.29) is 16.7 Å². The molecule has 2 rings (SSSR count). The lowest BCUT2D eigenvalue weighted by atomic mass is 9.96. The van der Waals surface area contributed by atoms with Gasteiger partial charge in [0.15, 0.2) is 0 Å². The maximum Gasteiger partial charge on any atom is 0.417 e. The SMILES string of the molecule is COC(=O)c1cc[nH]c(=O)c1-c1ccccc1C(F)(F)F. The Balaban J connectivity index is 2.80. The van der Waals surface area contributed by atoms with Gasteiger partial charge in [0.1, 0.15) is 0 Å². The number of carbonyl (C=O) groups excluding carboxylic acids is 1. The molecule has 1 aromatic heterocycles. The van der Waals surface area contributed by atoms with E-state index in [1.165, 1.54) is 24.4 Å². The van der Waals surface area contributed by atoms with E-state index in [9.17, 15) is 22.8 Å². The Morgan fingerprint density at radius 3 is 2.48 bits per heavy atom. The number of aromatic amines is 1. The summed E-state index contributed by atoms with van der Waals surface area (Å²) in [7, 11) is 1.09. The van der Waals surface area contributed by atoms with Crippen molar-refractivity contribution in [3.63, 3.8) is 0 Å². The number of alkyl halides is 3. The van der Waals surface area contributed by atoms with Crippen LogP contribution in [0, 0.1) is 0 Å². The van der Waals surface area contributed by atoms with Crippen LogP contribution in [0.3, 0.4) is 0 Å². The van der Waals surface area contributed by atoms with Gasteiger partial charge >= 0.3 is 12.1 Å². The number of pyridine rings is 1. The van der Waals surface area contributed by atoms with Crippen molar-refractivity contribution in [2.24, 2.45) is 0 Å². The molecule has 0 aliphatic carbocycles. The molecule has 1 heterocycles. The first kappa shape index (κ1) is 14.8. The highest BCUT2D eigenvalue weighted by molar-refractivity contribution is 5.97. The van der Waals surface area contributed by atoms with Crippen LogP contribution in [0.15, 0.2) is 41.3 Å². The number of benzene rings is 1. The summed E-state index contributed by atoms with van der Waals surface area (Å²) in [6, 6.07) is 5.76. The van der Waals surface area contributed by atoms with E-state index in [1.54, 1.807) is 0 Å². The van der Waals surface area contributed by atoms with Crippen LogP contribution >= 0.6 is 0 Å². The maximum atomic E-state index is 13.1. The van der Waals surface area contributed by atoms with Gasteiger partial charge in [-0.2, -0.15) is 13.2 Å². The highest BCUT2D eigenvalue weighted by Gasteiger charge is 2.35. The predicted molar refractivity (Wildman–Crippen MR) is 68.8 cm³/mol. The topological polar surface area (TPSA) is 59.2 Å². The Morgan fingerprint density at radius 2 is 1.86 bits per heavy atom. The van der Waals surface area contributed by atoms with E-state index in [4.69, 9.17) is 0 Å². The lowest BCUT2D eigenvalue weighted by Crippen LogP contribution is -2.18. The summed E-state index contributed by atoms with van der Waals surface area (Å²) in [4.78, 5) is 25.8. The molecule has 21 heavy (non-hydrogen) atoms. The Hall–Kier alpha value is -2.57. The smallest absolute Gasteiger partial charge is 0.417 e. The van der Waals surface area contributed by atoms with Crippen LogP contribution in [0.4, 0.5) is 13.2 Å². The monoisotopic (exact) mass is 297 g/mol. The molecule has 1 aromatic carbocycles. The Bertz CT molecular complexity index is 735. The van der Waals surface area contributed by atoms with Crippen LogP contribution in [0.5, 0.6) is 0 Å². The van der Waals surface area contributed by atoms with Gasteiger partial charge in [0.05, 0.1) is 23.8 Å². The van der Waals surface area contributed by atoms with Crippen molar-refractivity contribution in [3.8, 4) is 11.1 Å². The predicted octanol–water partition coefficient (Wildman–Crippen LogP) is 2.85. The summed E-state index contributed by atoms with van der Waals surface area (Å²) in [6.45, 7) is 0. The minimum atomic E-state index is -4.65. The minimum Gasteiger partial charge on any atom is -0.465 e. The minimum absolute atomic E-state index is 0.224. The molecule has 4 nitrogen and oxygen atoms in total. The van der Waals surface area contributed by atoms with Crippen molar-refractivity contribution >= 4 is 5.97 Å². The van der Waals surface area contributed by atoms with Gasteiger partial charge in [-0.05, 0) is 12.1 Å². The number of methoxy groups -OCH3 is 1. The van der Waals surface area contributed by atoms with Crippen LogP contribution in [0.25, 0.3) is 11.1 Å². The van der Waals surface area contributed by atoms with Gasteiger partial charge in [-0.1, -0.05) is 18.2 Å². The number of hydrogen-bond donors (Lipinski definition) is 1. The molecule has 1 N–H and O–H groups in total. The highest BCUT2D eigenvalue weighted by atomic mass is 19.4. The van der Waals surface area contributed by atoms with Crippen molar-refractivity contribution in [1.29, 1.82) is 0 Å². The quantitative estimate of drug-likeness (QED) is 0.867. The molecule has 0 radical (unpaired) electrons. The maximum absolute atomic E-state index is 13.1. The molecule has 2 aromatic rings. The Kier molecular flexibility index (Phi) is 3.84. The molecular formula is C14H10F3NO3. The molecule has 110 valence electrons. The number of nitrogens with one attached hydrogen (secondary N) is 1. The summed E-state index contributed by atoms with van der Waals surface area (Å²) in [5, 5.41) is 0. The molecule has 7 heteroatoms. The lowest BCUT2D eigenvalue weighted by molar-refractivity contribution is -0.137. The van der Waals surface area contributed by atoms with E-state index in [2.05, 4.69) is 9.72 Å².